The van der Waals surface area contributed by atoms with Gasteiger partial charge in [0.15, 0.2) is 11.1 Å². The second kappa shape index (κ2) is 3.83. The van der Waals surface area contributed by atoms with E-state index in [1.54, 1.807) is 6.07 Å². The van der Waals surface area contributed by atoms with Gasteiger partial charge in [-0.2, -0.15) is 0 Å². The first-order chi connectivity index (χ1) is 5.65. The second-order valence-corrected chi connectivity index (χ2v) is 3.65. The normalized spacial score (nSPS) is 12.9. The molecule has 0 spiro atoms. The topological polar surface area (TPSA) is 37.3 Å². The van der Waals surface area contributed by atoms with E-state index in [2.05, 4.69) is 0 Å². The average Bonchev–Trinajstić information content (AvgIpc) is 2.04. The third kappa shape index (κ3) is 1.93. The lowest BCUT2D eigenvalue weighted by Crippen LogP contribution is -1.95. The van der Waals surface area contributed by atoms with Gasteiger partial charge in [0.1, 0.15) is 0 Å². The summed E-state index contributed by atoms with van der Waals surface area (Å²) < 4.78 is 19.8. The van der Waals surface area contributed by atoms with Crippen molar-refractivity contribution in [3.8, 4) is 0 Å². The third-order valence-electron chi connectivity index (χ3n) is 1.79. The van der Waals surface area contributed by atoms with Crippen LogP contribution in [0.5, 0.6) is 0 Å². The van der Waals surface area contributed by atoms with Gasteiger partial charge in [-0.1, -0.05) is 19.1 Å². The van der Waals surface area contributed by atoms with Crippen molar-refractivity contribution in [2.24, 2.45) is 0 Å². The van der Waals surface area contributed by atoms with E-state index in [9.17, 15) is 4.21 Å². The molecule has 0 bridgehead atoms. The molecule has 12 heavy (non-hydrogen) atoms. The van der Waals surface area contributed by atoms with Crippen LogP contribution in [0.1, 0.15) is 18.1 Å². The highest BCUT2D eigenvalue weighted by Crippen LogP contribution is 2.15. The molecule has 0 aromatic heterocycles. The minimum atomic E-state index is -1.85. The highest BCUT2D eigenvalue weighted by Gasteiger charge is 2.05. The minimum Gasteiger partial charge on any atom is -0.302 e. The van der Waals surface area contributed by atoms with Crippen molar-refractivity contribution in [3.05, 3.63) is 29.3 Å². The second-order valence-electron chi connectivity index (χ2n) is 2.71. The molecule has 1 atom stereocenters. The van der Waals surface area contributed by atoms with E-state index in [4.69, 9.17) is 4.55 Å². The molecule has 0 heterocycles. The summed E-state index contributed by atoms with van der Waals surface area (Å²) in [5.41, 5.74) is 1.96. The monoisotopic (exact) mass is 184 g/mol. The van der Waals surface area contributed by atoms with Crippen LogP contribution >= 0.6 is 0 Å². The molecular weight excluding hydrogens is 172 g/mol. The maximum Gasteiger partial charge on any atom is 0.186 e. The van der Waals surface area contributed by atoms with Gasteiger partial charge in [-0.15, -0.1) is 0 Å². The Morgan fingerprint density at radius 3 is 2.67 bits per heavy atom. The van der Waals surface area contributed by atoms with E-state index < -0.39 is 11.1 Å². The summed E-state index contributed by atoms with van der Waals surface area (Å²) in [6, 6.07) is 5.61. The molecule has 3 heteroatoms. The van der Waals surface area contributed by atoms with Crippen LogP contribution in [0, 0.1) is 6.92 Å². The van der Waals surface area contributed by atoms with Crippen molar-refractivity contribution in [2.45, 2.75) is 25.2 Å². The Kier molecular flexibility index (Phi) is 3.00. The molecule has 0 saturated carbocycles. The van der Waals surface area contributed by atoms with Crippen molar-refractivity contribution in [2.75, 3.05) is 0 Å². The van der Waals surface area contributed by atoms with Gasteiger partial charge in [0.05, 0.1) is 4.90 Å². The average molecular weight is 184 g/mol. The molecule has 0 aliphatic rings. The number of hydrogen-bond donors (Lipinski definition) is 1. The molecule has 0 amide bonds. The summed E-state index contributed by atoms with van der Waals surface area (Å²) in [6.07, 6.45) is 0.794. The zero-order chi connectivity index (χ0) is 9.14. The Morgan fingerprint density at radius 2 is 2.17 bits per heavy atom. The van der Waals surface area contributed by atoms with Gasteiger partial charge in [-0.05, 0) is 30.5 Å². The van der Waals surface area contributed by atoms with Crippen LogP contribution in [0.15, 0.2) is 23.1 Å². The molecule has 0 aliphatic carbocycles. The summed E-state index contributed by atoms with van der Waals surface area (Å²) in [7, 11) is 0. The number of aryl methyl sites for hydroxylation is 2. The van der Waals surface area contributed by atoms with Gasteiger partial charge in [-0.25, -0.2) is 4.21 Å². The Morgan fingerprint density at radius 1 is 1.50 bits per heavy atom. The fourth-order valence-corrected chi connectivity index (χ4v) is 1.84. The lowest BCUT2D eigenvalue weighted by molar-refractivity contribution is 0.563. The fourth-order valence-electron chi connectivity index (χ4n) is 1.12. The Bertz CT molecular complexity index is 307. The predicted molar refractivity (Wildman–Crippen MR) is 49.6 cm³/mol. The molecule has 0 fully saturated rings. The molecule has 0 radical (unpaired) electrons. The molecule has 1 rings (SSSR count). The molecular formula is C9H12O2S. The standard InChI is InChI=1S/C9H12O2S/c1-3-8-5-4-7(2)6-9(8)12(10)11/h4-6H,3H2,1-2H3,(H,10,11). The number of benzene rings is 1. The lowest BCUT2D eigenvalue weighted by atomic mass is 10.1. The lowest BCUT2D eigenvalue weighted by Gasteiger charge is -2.03. The third-order valence-corrected chi connectivity index (χ3v) is 2.55. The number of rotatable bonds is 2. The highest BCUT2D eigenvalue weighted by atomic mass is 32.2. The van der Waals surface area contributed by atoms with Crippen molar-refractivity contribution < 1.29 is 8.76 Å². The summed E-state index contributed by atoms with van der Waals surface area (Å²) in [6.45, 7) is 3.89. The van der Waals surface area contributed by atoms with Crippen LogP contribution in [-0.2, 0) is 17.5 Å². The molecule has 1 N–H and O–H groups in total. The van der Waals surface area contributed by atoms with Crippen molar-refractivity contribution in [3.63, 3.8) is 0 Å². The molecule has 2 nitrogen and oxygen atoms in total. The van der Waals surface area contributed by atoms with Crippen LogP contribution in [0.4, 0.5) is 0 Å². The van der Waals surface area contributed by atoms with Gasteiger partial charge >= 0.3 is 0 Å². The van der Waals surface area contributed by atoms with Crippen LogP contribution in [0.3, 0.4) is 0 Å². The van der Waals surface area contributed by atoms with E-state index in [0.717, 1.165) is 17.5 Å². The van der Waals surface area contributed by atoms with Crippen molar-refractivity contribution in [1.82, 2.24) is 0 Å². The Balaban J connectivity index is 3.21. The first-order valence-electron chi connectivity index (χ1n) is 3.85. The van der Waals surface area contributed by atoms with E-state index in [1.165, 1.54) is 0 Å². The molecule has 0 aliphatic heterocycles. The maximum atomic E-state index is 10.8. The van der Waals surface area contributed by atoms with Crippen LogP contribution < -0.4 is 0 Å². The van der Waals surface area contributed by atoms with Gasteiger partial charge < -0.3 is 4.55 Å². The number of hydrogen-bond acceptors (Lipinski definition) is 1. The smallest absolute Gasteiger partial charge is 0.186 e. The Hall–Kier alpha value is -0.670. The first-order valence-corrected chi connectivity index (χ1v) is 4.96. The highest BCUT2D eigenvalue weighted by molar-refractivity contribution is 7.79. The van der Waals surface area contributed by atoms with Crippen molar-refractivity contribution >= 4 is 11.1 Å². The van der Waals surface area contributed by atoms with E-state index >= 15 is 0 Å². The zero-order valence-corrected chi connectivity index (χ0v) is 8.02. The molecule has 1 unspecified atom stereocenters. The van der Waals surface area contributed by atoms with E-state index in [1.807, 2.05) is 26.0 Å². The summed E-state index contributed by atoms with van der Waals surface area (Å²) in [4.78, 5) is 0.539. The molecule has 1 aromatic rings. The fraction of sp³-hybridized carbons (Fsp3) is 0.333. The summed E-state index contributed by atoms with van der Waals surface area (Å²) >= 11 is -1.85. The van der Waals surface area contributed by atoms with E-state index in [0.29, 0.717) is 4.90 Å². The molecule has 0 saturated heterocycles. The van der Waals surface area contributed by atoms with E-state index in [-0.39, 0.29) is 0 Å². The largest absolute Gasteiger partial charge is 0.302 e. The van der Waals surface area contributed by atoms with Gasteiger partial charge in [0.25, 0.3) is 0 Å². The quantitative estimate of drug-likeness (QED) is 0.715. The zero-order valence-electron chi connectivity index (χ0n) is 7.20. The van der Waals surface area contributed by atoms with Gasteiger partial charge in [-0.3, -0.25) is 0 Å². The van der Waals surface area contributed by atoms with Crippen LogP contribution in [-0.4, -0.2) is 8.76 Å². The van der Waals surface area contributed by atoms with Gasteiger partial charge in [0, 0.05) is 0 Å². The molecule has 1 aromatic carbocycles. The molecule has 66 valence electrons. The van der Waals surface area contributed by atoms with Gasteiger partial charge in [0.2, 0.25) is 0 Å². The maximum absolute atomic E-state index is 10.8. The van der Waals surface area contributed by atoms with Crippen LogP contribution in [0.25, 0.3) is 0 Å². The first kappa shape index (κ1) is 9.42. The van der Waals surface area contributed by atoms with Crippen LogP contribution in [0.2, 0.25) is 0 Å². The minimum absolute atomic E-state index is 0.539. The summed E-state index contributed by atoms with van der Waals surface area (Å²) in [5.74, 6) is 0. The van der Waals surface area contributed by atoms with Crippen molar-refractivity contribution in [1.29, 1.82) is 0 Å². The SMILES string of the molecule is CCc1ccc(C)cc1S(=O)O. The summed E-state index contributed by atoms with van der Waals surface area (Å²) in [5, 5.41) is 0. The predicted octanol–water partition coefficient (Wildman–Crippen LogP) is 2.14. The Labute approximate surface area is 74.9 Å².